The minimum absolute atomic E-state index is 0.0493. The molecule has 0 aromatic heterocycles. The van der Waals surface area contributed by atoms with E-state index in [1.165, 1.54) is 19.3 Å². The molecule has 1 heterocycles. The number of nitrogens with zero attached hydrogens (tertiary/aromatic N) is 1. The first-order valence-corrected chi connectivity index (χ1v) is 8.59. The highest BCUT2D eigenvalue weighted by Gasteiger charge is 2.46. The second kappa shape index (κ2) is 6.80. The van der Waals surface area contributed by atoms with E-state index in [2.05, 4.69) is 19.2 Å². The van der Waals surface area contributed by atoms with Gasteiger partial charge in [0.15, 0.2) is 0 Å². The molecule has 0 spiro atoms. The van der Waals surface area contributed by atoms with E-state index < -0.39 is 0 Å². The van der Waals surface area contributed by atoms with Crippen molar-refractivity contribution in [2.45, 2.75) is 84.3 Å². The van der Waals surface area contributed by atoms with E-state index >= 15 is 0 Å². The van der Waals surface area contributed by atoms with Crippen molar-refractivity contribution in [3.8, 4) is 0 Å². The fourth-order valence-electron chi connectivity index (χ4n) is 3.84. The van der Waals surface area contributed by atoms with Crippen LogP contribution in [0.25, 0.3) is 0 Å². The number of hydrogen-bond donors (Lipinski definition) is 1. The minimum Gasteiger partial charge on any atom is -0.342 e. The zero-order valence-electron chi connectivity index (χ0n) is 13.9. The molecule has 3 unspecified atom stereocenters. The Balaban J connectivity index is 2.22. The highest BCUT2D eigenvalue weighted by atomic mass is 16.2. The van der Waals surface area contributed by atoms with Crippen LogP contribution in [-0.2, 0) is 9.59 Å². The van der Waals surface area contributed by atoms with Gasteiger partial charge in [-0.15, -0.1) is 0 Å². The average Bonchev–Trinajstić information content (AvgIpc) is 2.48. The van der Waals surface area contributed by atoms with Gasteiger partial charge in [0.05, 0.1) is 0 Å². The molecule has 0 aromatic carbocycles. The SMILES string of the molecule is CCC(C)C1C(=O)NC(C2CCCCC2)C(=O)N1C(C)C. The third-order valence-corrected chi connectivity index (χ3v) is 5.25. The number of amides is 2. The highest BCUT2D eigenvalue weighted by molar-refractivity contribution is 5.97. The second-order valence-electron chi connectivity index (χ2n) is 7.05. The average molecular weight is 294 g/mol. The summed E-state index contributed by atoms with van der Waals surface area (Å²) in [7, 11) is 0. The highest BCUT2D eigenvalue weighted by Crippen LogP contribution is 2.31. The summed E-state index contributed by atoms with van der Waals surface area (Å²) in [6.07, 6.45) is 6.66. The molecule has 0 radical (unpaired) electrons. The topological polar surface area (TPSA) is 49.4 Å². The van der Waals surface area contributed by atoms with Gasteiger partial charge in [-0.1, -0.05) is 39.5 Å². The molecule has 2 rings (SSSR count). The number of piperazine rings is 1. The predicted octanol–water partition coefficient (Wildman–Crippen LogP) is 2.72. The normalized spacial score (nSPS) is 29.7. The summed E-state index contributed by atoms with van der Waals surface area (Å²) in [5, 5.41) is 3.06. The van der Waals surface area contributed by atoms with Crippen molar-refractivity contribution in [1.82, 2.24) is 10.2 Å². The third-order valence-electron chi connectivity index (χ3n) is 5.25. The largest absolute Gasteiger partial charge is 0.342 e. The second-order valence-corrected chi connectivity index (χ2v) is 7.05. The van der Waals surface area contributed by atoms with Crippen molar-refractivity contribution in [1.29, 1.82) is 0 Å². The van der Waals surface area contributed by atoms with E-state index in [4.69, 9.17) is 0 Å². The summed E-state index contributed by atoms with van der Waals surface area (Å²) >= 11 is 0. The van der Waals surface area contributed by atoms with Crippen LogP contribution in [0.15, 0.2) is 0 Å². The maximum atomic E-state index is 13.0. The molecule has 2 amide bonds. The number of rotatable bonds is 4. The molecule has 4 heteroatoms. The Kier molecular flexibility index (Phi) is 5.28. The van der Waals surface area contributed by atoms with Gasteiger partial charge in [0.25, 0.3) is 0 Å². The van der Waals surface area contributed by atoms with Crippen molar-refractivity contribution in [2.75, 3.05) is 0 Å². The summed E-state index contributed by atoms with van der Waals surface area (Å²) < 4.78 is 0. The van der Waals surface area contributed by atoms with Gasteiger partial charge in [0.1, 0.15) is 12.1 Å². The van der Waals surface area contributed by atoms with Crippen molar-refractivity contribution in [2.24, 2.45) is 11.8 Å². The molecule has 3 atom stereocenters. The summed E-state index contributed by atoms with van der Waals surface area (Å²) in [5.41, 5.74) is 0. The minimum atomic E-state index is -0.303. The summed E-state index contributed by atoms with van der Waals surface area (Å²) in [5.74, 6) is 0.716. The van der Waals surface area contributed by atoms with Gasteiger partial charge in [-0.05, 0) is 38.5 Å². The zero-order chi connectivity index (χ0) is 15.6. The van der Waals surface area contributed by atoms with Crippen LogP contribution in [0.1, 0.15) is 66.2 Å². The molecule has 21 heavy (non-hydrogen) atoms. The Hall–Kier alpha value is -1.06. The monoisotopic (exact) mass is 294 g/mol. The quantitative estimate of drug-likeness (QED) is 0.866. The molecule has 120 valence electrons. The molecular weight excluding hydrogens is 264 g/mol. The maximum absolute atomic E-state index is 13.0. The molecule has 1 aliphatic carbocycles. The van der Waals surface area contributed by atoms with Gasteiger partial charge in [-0.2, -0.15) is 0 Å². The Morgan fingerprint density at radius 2 is 1.76 bits per heavy atom. The molecule has 1 aliphatic heterocycles. The summed E-state index contributed by atoms with van der Waals surface area (Å²) in [6, 6.07) is -0.517. The van der Waals surface area contributed by atoms with E-state index in [1.54, 1.807) is 0 Å². The molecule has 0 bridgehead atoms. The smallest absolute Gasteiger partial charge is 0.246 e. The van der Waals surface area contributed by atoms with Crippen molar-refractivity contribution >= 4 is 11.8 Å². The standard InChI is InChI=1S/C17H30N2O2/c1-5-12(4)15-16(20)18-14(13-9-7-6-8-10-13)17(21)19(15)11(2)3/h11-15H,5-10H2,1-4H3,(H,18,20). The van der Waals surface area contributed by atoms with E-state index in [0.717, 1.165) is 19.3 Å². The molecule has 1 saturated heterocycles. The Bertz CT molecular complexity index is 388. The van der Waals surface area contributed by atoms with Crippen molar-refractivity contribution in [3.05, 3.63) is 0 Å². The Morgan fingerprint density at radius 1 is 1.14 bits per heavy atom. The lowest BCUT2D eigenvalue weighted by molar-refractivity contribution is -0.155. The van der Waals surface area contributed by atoms with E-state index in [1.807, 2.05) is 18.7 Å². The van der Waals surface area contributed by atoms with Crippen LogP contribution in [-0.4, -0.2) is 34.8 Å². The van der Waals surface area contributed by atoms with Gasteiger partial charge in [-0.3, -0.25) is 9.59 Å². The number of carbonyl (C=O) groups excluding carboxylic acids is 2. The van der Waals surface area contributed by atoms with Crippen LogP contribution in [0, 0.1) is 11.8 Å². The first-order valence-electron chi connectivity index (χ1n) is 8.59. The van der Waals surface area contributed by atoms with E-state index in [-0.39, 0.29) is 35.9 Å². The fraction of sp³-hybridized carbons (Fsp3) is 0.882. The van der Waals surface area contributed by atoms with Gasteiger partial charge >= 0.3 is 0 Å². The predicted molar refractivity (Wildman–Crippen MR) is 83.7 cm³/mol. The third kappa shape index (κ3) is 3.24. The number of carbonyl (C=O) groups is 2. The molecule has 4 nitrogen and oxygen atoms in total. The van der Waals surface area contributed by atoms with Crippen LogP contribution >= 0.6 is 0 Å². The first-order chi connectivity index (χ1) is 9.97. The lowest BCUT2D eigenvalue weighted by Gasteiger charge is -2.46. The van der Waals surface area contributed by atoms with Gasteiger partial charge in [0, 0.05) is 6.04 Å². The molecular formula is C17H30N2O2. The first kappa shape index (κ1) is 16.3. The van der Waals surface area contributed by atoms with E-state index in [9.17, 15) is 9.59 Å². The fourth-order valence-corrected chi connectivity index (χ4v) is 3.84. The Morgan fingerprint density at radius 3 is 2.29 bits per heavy atom. The molecule has 2 fully saturated rings. The van der Waals surface area contributed by atoms with Crippen LogP contribution in [0.5, 0.6) is 0 Å². The van der Waals surface area contributed by atoms with Gasteiger partial charge in [-0.25, -0.2) is 0 Å². The van der Waals surface area contributed by atoms with Gasteiger partial charge in [0.2, 0.25) is 11.8 Å². The number of hydrogen-bond acceptors (Lipinski definition) is 2. The van der Waals surface area contributed by atoms with Crippen molar-refractivity contribution < 1.29 is 9.59 Å². The molecule has 2 aliphatic rings. The number of nitrogens with one attached hydrogen (secondary N) is 1. The van der Waals surface area contributed by atoms with Crippen molar-refractivity contribution in [3.63, 3.8) is 0 Å². The van der Waals surface area contributed by atoms with Crippen LogP contribution in [0.2, 0.25) is 0 Å². The summed E-state index contributed by atoms with van der Waals surface area (Å²) in [6.45, 7) is 8.18. The lowest BCUT2D eigenvalue weighted by Crippen LogP contribution is -2.68. The molecule has 1 saturated carbocycles. The summed E-state index contributed by atoms with van der Waals surface area (Å²) in [4.78, 5) is 27.4. The zero-order valence-corrected chi connectivity index (χ0v) is 13.9. The van der Waals surface area contributed by atoms with Crippen LogP contribution in [0.3, 0.4) is 0 Å². The van der Waals surface area contributed by atoms with Gasteiger partial charge < -0.3 is 10.2 Å². The lowest BCUT2D eigenvalue weighted by atomic mass is 9.81. The Labute approximate surface area is 128 Å². The molecule has 0 aromatic rings. The van der Waals surface area contributed by atoms with Crippen LogP contribution in [0.4, 0.5) is 0 Å². The maximum Gasteiger partial charge on any atom is 0.246 e. The van der Waals surface area contributed by atoms with Crippen LogP contribution < -0.4 is 5.32 Å². The molecule has 1 N–H and O–H groups in total. The van der Waals surface area contributed by atoms with E-state index in [0.29, 0.717) is 5.92 Å².